The van der Waals surface area contributed by atoms with Crippen molar-refractivity contribution in [1.82, 2.24) is 19.0 Å². The molecule has 0 atom stereocenters. The van der Waals surface area contributed by atoms with Crippen LogP contribution in [-0.2, 0) is 7.05 Å². The normalized spacial score (nSPS) is 12.9. The van der Waals surface area contributed by atoms with Crippen molar-refractivity contribution in [2.75, 3.05) is 0 Å². The molecule has 3 rings (SSSR count). The number of halogens is 1. The summed E-state index contributed by atoms with van der Waals surface area (Å²) in [5.41, 5.74) is 3.63. The molecular weight excluding hydrogens is 343 g/mol. The second kappa shape index (κ2) is 6.65. The van der Waals surface area contributed by atoms with Crippen molar-refractivity contribution in [3.05, 3.63) is 36.7 Å². The maximum absolute atomic E-state index is 15.3. The van der Waals surface area contributed by atoms with Crippen molar-refractivity contribution < 1.29 is 4.39 Å². The van der Waals surface area contributed by atoms with Crippen molar-refractivity contribution in [1.29, 1.82) is 0 Å². The first kappa shape index (κ1) is 18.8. The van der Waals surface area contributed by atoms with E-state index in [0.717, 1.165) is 11.2 Å². The maximum Gasteiger partial charge on any atom is 0.171 e. The standard InChI is InChI=1S/C20H29FN4Si/c1-13(2)26(14(3)4,15(5)6)25-9-8-17-19(21)18(11-22-20(17)25)16-10-23-24(7)12-16/h8-15H,1-7H3. The average Bonchev–Trinajstić information content (AvgIpc) is 3.15. The summed E-state index contributed by atoms with van der Waals surface area (Å²) in [6, 6.07) is 1.90. The fourth-order valence-corrected chi connectivity index (χ4v) is 11.5. The third-order valence-corrected chi connectivity index (χ3v) is 12.6. The topological polar surface area (TPSA) is 35.6 Å². The molecule has 0 N–H and O–H groups in total. The number of rotatable bonds is 5. The lowest BCUT2D eigenvalue weighted by atomic mass is 10.1. The van der Waals surface area contributed by atoms with E-state index in [0.29, 0.717) is 27.6 Å². The predicted molar refractivity (Wildman–Crippen MR) is 108 cm³/mol. The largest absolute Gasteiger partial charge is 0.358 e. The third kappa shape index (κ3) is 2.62. The fraction of sp³-hybridized carbons (Fsp3) is 0.500. The monoisotopic (exact) mass is 372 g/mol. The van der Waals surface area contributed by atoms with Crippen LogP contribution in [0.25, 0.3) is 22.2 Å². The lowest BCUT2D eigenvalue weighted by Gasteiger charge is -2.44. The number of aryl methyl sites for hydroxylation is 1. The first-order valence-corrected chi connectivity index (χ1v) is 11.5. The van der Waals surface area contributed by atoms with E-state index in [1.807, 2.05) is 19.3 Å². The van der Waals surface area contributed by atoms with Gasteiger partial charge in [0.1, 0.15) is 11.5 Å². The Balaban J connectivity index is 2.25. The van der Waals surface area contributed by atoms with Crippen LogP contribution in [0.4, 0.5) is 4.39 Å². The molecular formula is C20H29FN4Si. The van der Waals surface area contributed by atoms with Gasteiger partial charge in [-0.3, -0.25) is 4.68 Å². The Morgan fingerprint density at radius 2 is 1.62 bits per heavy atom. The van der Waals surface area contributed by atoms with Crippen molar-refractivity contribution in [3.8, 4) is 11.1 Å². The number of aromatic nitrogens is 4. The molecule has 0 saturated carbocycles. The first-order chi connectivity index (χ1) is 12.2. The Hall–Kier alpha value is -1.95. The zero-order valence-electron chi connectivity index (χ0n) is 16.8. The van der Waals surface area contributed by atoms with Crippen LogP contribution in [-0.4, -0.2) is 27.2 Å². The van der Waals surface area contributed by atoms with E-state index in [-0.39, 0.29) is 5.82 Å². The van der Waals surface area contributed by atoms with Gasteiger partial charge in [-0.1, -0.05) is 41.5 Å². The van der Waals surface area contributed by atoms with Gasteiger partial charge in [-0.2, -0.15) is 5.10 Å². The van der Waals surface area contributed by atoms with E-state index in [4.69, 9.17) is 4.98 Å². The van der Waals surface area contributed by atoms with Crippen LogP contribution < -0.4 is 0 Å². The number of hydrogen-bond donors (Lipinski definition) is 0. The molecule has 0 saturated heterocycles. The highest BCUT2D eigenvalue weighted by atomic mass is 28.3. The van der Waals surface area contributed by atoms with E-state index < -0.39 is 8.24 Å². The minimum absolute atomic E-state index is 0.207. The number of hydrogen-bond acceptors (Lipinski definition) is 2. The molecule has 4 nitrogen and oxygen atoms in total. The average molecular weight is 373 g/mol. The molecule has 0 radical (unpaired) electrons. The van der Waals surface area contributed by atoms with E-state index >= 15 is 4.39 Å². The summed E-state index contributed by atoms with van der Waals surface area (Å²) in [5, 5.41) is 4.75. The molecule has 0 unspecified atom stereocenters. The SMILES string of the molecule is CC(C)[Si](C(C)C)(C(C)C)n1ccc2c(F)c(-c3cnn(C)c3)cnc21. The summed E-state index contributed by atoms with van der Waals surface area (Å²) in [4.78, 5) is 4.72. The molecule has 6 heteroatoms. The van der Waals surface area contributed by atoms with Crippen LogP contribution in [0.1, 0.15) is 41.5 Å². The summed E-state index contributed by atoms with van der Waals surface area (Å²) >= 11 is 0. The van der Waals surface area contributed by atoms with Crippen LogP contribution >= 0.6 is 0 Å². The molecule has 26 heavy (non-hydrogen) atoms. The number of fused-ring (bicyclic) bond motifs is 1. The second-order valence-electron chi connectivity index (χ2n) is 8.16. The van der Waals surface area contributed by atoms with Gasteiger partial charge < -0.3 is 4.23 Å². The van der Waals surface area contributed by atoms with Gasteiger partial charge in [0.25, 0.3) is 0 Å². The van der Waals surface area contributed by atoms with Crippen LogP contribution in [0, 0.1) is 5.82 Å². The molecule has 0 fully saturated rings. The Kier molecular flexibility index (Phi) is 4.81. The Labute approximate surface area is 156 Å². The smallest absolute Gasteiger partial charge is 0.171 e. The maximum atomic E-state index is 15.3. The zero-order chi connectivity index (χ0) is 19.2. The highest BCUT2D eigenvalue weighted by Crippen LogP contribution is 2.44. The summed E-state index contributed by atoms with van der Waals surface area (Å²) in [6.07, 6.45) is 7.22. The number of pyridine rings is 1. The van der Waals surface area contributed by atoms with Crippen molar-refractivity contribution in [2.45, 2.75) is 58.2 Å². The van der Waals surface area contributed by atoms with Crippen LogP contribution in [0.3, 0.4) is 0 Å². The van der Waals surface area contributed by atoms with Gasteiger partial charge in [-0.05, 0) is 28.9 Å². The van der Waals surface area contributed by atoms with Crippen molar-refractivity contribution in [3.63, 3.8) is 0 Å². The first-order valence-electron chi connectivity index (χ1n) is 9.36. The van der Waals surface area contributed by atoms with Gasteiger partial charge in [0, 0.05) is 30.6 Å². The molecule has 3 aromatic heterocycles. The van der Waals surface area contributed by atoms with Gasteiger partial charge in [0.2, 0.25) is 0 Å². The predicted octanol–water partition coefficient (Wildman–Crippen LogP) is 5.60. The Morgan fingerprint density at radius 1 is 1.00 bits per heavy atom. The van der Waals surface area contributed by atoms with Gasteiger partial charge in [0.05, 0.1) is 11.6 Å². The van der Waals surface area contributed by atoms with Gasteiger partial charge in [0.15, 0.2) is 8.24 Å². The lowest BCUT2D eigenvalue weighted by molar-refractivity contribution is 0.642. The molecule has 0 spiro atoms. The van der Waals surface area contributed by atoms with Gasteiger partial charge in [-0.25, -0.2) is 9.37 Å². The summed E-state index contributed by atoms with van der Waals surface area (Å²) in [6.45, 7) is 13.8. The lowest BCUT2D eigenvalue weighted by Crippen LogP contribution is -2.51. The minimum Gasteiger partial charge on any atom is -0.358 e. The highest BCUT2D eigenvalue weighted by Gasteiger charge is 2.46. The van der Waals surface area contributed by atoms with E-state index in [2.05, 4.69) is 57.1 Å². The summed E-state index contributed by atoms with van der Waals surface area (Å²) < 4.78 is 19.3. The van der Waals surface area contributed by atoms with E-state index in [1.54, 1.807) is 17.1 Å². The molecule has 3 aromatic rings. The molecule has 0 aromatic carbocycles. The fourth-order valence-electron chi connectivity index (χ4n) is 4.96. The molecule has 140 valence electrons. The number of nitrogens with zero attached hydrogens (tertiary/aromatic N) is 4. The molecule has 3 heterocycles. The van der Waals surface area contributed by atoms with Crippen LogP contribution in [0.5, 0.6) is 0 Å². The Bertz CT molecular complexity index is 901. The van der Waals surface area contributed by atoms with Crippen LogP contribution in [0.15, 0.2) is 30.9 Å². The van der Waals surface area contributed by atoms with E-state index in [1.165, 1.54) is 0 Å². The van der Waals surface area contributed by atoms with Crippen LogP contribution in [0.2, 0.25) is 16.6 Å². The zero-order valence-corrected chi connectivity index (χ0v) is 17.8. The van der Waals surface area contributed by atoms with Crippen molar-refractivity contribution in [2.24, 2.45) is 7.05 Å². The van der Waals surface area contributed by atoms with Gasteiger partial charge >= 0.3 is 0 Å². The Morgan fingerprint density at radius 3 is 2.12 bits per heavy atom. The summed E-state index contributed by atoms with van der Waals surface area (Å²) in [5.74, 6) is -0.207. The third-order valence-electron chi connectivity index (χ3n) is 5.86. The minimum atomic E-state index is -1.96. The van der Waals surface area contributed by atoms with E-state index in [9.17, 15) is 0 Å². The molecule has 0 bridgehead atoms. The van der Waals surface area contributed by atoms with Crippen molar-refractivity contribution >= 4 is 19.3 Å². The molecule has 0 aliphatic carbocycles. The molecule has 0 aliphatic rings. The second-order valence-corrected chi connectivity index (χ2v) is 13.9. The summed E-state index contributed by atoms with van der Waals surface area (Å²) in [7, 11) is -0.129. The quantitative estimate of drug-likeness (QED) is 0.547. The van der Waals surface area contributed by atoms with Gasteiger partial charge in [-0.15, -0.1) is 0 Å². The highest BCUT2D eigenvalue weighted by molar-refractivity contribution is 6.82. The molecule has 0 aliphatic heterocycles. The molecule has 0 amide bonds.